The van der Waals surface area contributed by atoms with Crippen molar-refractivity contribution in [3.63, 3.8) is 0 Å². The number of nitrogens with zero attached hydrogens (tertiary/aromatic N) is 1. The van der Waals surface area contributed by atoms with Crippen LogP contribution in [0.15, 0.2) is 12.1 Å². The smallest absolute Gasteiger partial charge is 0.407 e. The summed E-state index contributed by atoms with van der Waals surface area (Å²) in [6, 6.07) is 3.91. The van der Waals surface area contributed by atoms with Gasteiger partial charge in [0.25, 0.3) is 0 Å². The molecule has 0 fully saturated rings. The summed E-state index contributed by atoms with van der Waals surface area (Å²) in [5.74, 6) is 0.234. The van der Waals surface area contributed by atoms with E-state index in [1.807, 2.05) is 12.1 Å². The molecule has 0 saturated carbocycles. The highest BCUT2D eigenvalue weighted by molar-refractivity contribution is 6.33. The number of hydrogen-bond acceptors (Lipinski definition) is 2. The molecule has 0 aliphatic carbocycles. The number of amides is 1. The fourth-order valence-electron chi connectivity index (χ4n) is 2.77. The van der Waals surface area contributed by atoms with Gasteiger partial charge in [-0.3, -0.25) is 0 Å². The van der Waals surface area contributed by atoms with E-state index in [0.717, 1.165) is 23.7 Å². The van der Waals surface area contributed by atoms with Crippen molar-refractivity contribution in [2.45, 2.75) is 12.3 Å². The third-order valence-electron chi connectivity index (χ3n) is 3.58. The lowest BCUT2D eigenvalue weighted by Gasteiger charge is -2.19. The molecule has 17 heavy (non-hydrogen) atoms. The van der Waals surface area contributed by atoms with Crippen molar-refractivity contribution in [2.75, 3.05) is 25.0 Å². The Balaban J connectivity index is 2.04. The third-order valence-corrected chi connectivity index (χ3v) is 3.90. The maximum atomic E-state index is 11.1. The Morgan fingerprint density at radius 3 is 3.12 bits per heavy atom. The molecule has 1 aromatic rings. The van der Waals surface area contributed by atoms with E-state index < -0.39 is 6.09 Å². The minimum atomic E-state index is -0.836. The van der Waals surface area contributed by atoms with Crippen LogP contribution in [-0.4, -0.2) is 35.7 Å². The van der Waals surface area contributed by atoms with E-state index in [-0.39, 0.29) is 5.92 Å². The van der Waals surface area contributed by atoms with Gasteiger partial charge >= 0.3 is 6.09 Å². The standard InChI is InChI=1S/C12H13ClN2O2/c13-9-2-1-7-3-4-15(12(16)17)6-8-5-14-11(9)10(7)8/h1-2,8,14H,3-6H2,(H,16,17)/t8-/m1/s1. The molecule has 4 nitrogen and oxygen atoms in total. The van der Waals surface area contributed by atoms with Gasteiger partial charge in [-0.15, -0.1) is 0 Å². The van der Waals surface area contributed by atoms with Crippen LogP contribution < -0.4 is 5.32 Å². The molecule has 0 spiro atoms. The van der Waals surface area contributed by atoms with Gasteiger partial charge in [-0.25, -0.2) is 4.79 Å². The molecule has 0 unspecified atom stereocenters. The lowest BCUT2D eigenvalue weighted by molar-refractivity contribution is 0.145. The highest BCUT2D eigenvalue weighted by atomic mass is 35.5. The molecule has 0 bridgehead atoms. The van der Waals surface area contributed by atoms with Crippen LogP contribution in [0.5, 0.6) is 0 Å². The SMILES string of the molecule is O=C(O)N1CCc2ccc(Cl)c3c2[C@H](CN3)C1. The molecule has 0 saturated heterocycles. The van der Waals surface area contributed by atoms with Crippen LogP contribution in [0, 0.1) is 0 Å². The quantitative estimate of drug-likeness (QED) is 0.745. The van der Waals surface area contributed by atoms with E-state index in [2.05, 4.69) is 5.32 Å². The van der Waals surface area contributed by atoms with Crippen LogP contribution in [0.4, 0.5) is 10.5 Å². The molecule has 2 aliphatic heterocycles. The Hall–Kier alpha value is -1.42. The van der Waals surface area contributed by atoms with Gasteiger partial charge in [0.15, 0.2) is 0 Å². The Morgan fingerprint density at radius 2 is 2.35 bits per heavy atom. The molecular weight excluding hydrogens is 240 g/mol. The first-order valence-corrected chi connectivity index (χ1v) is 6.07. The van der Waals surface area contributed by atoms with E-state index in [1.54, 1.807) is 0 Å². The number of nitrogens with one attached hydrogen (secondary N) is 1. The lowest BCUT2D eigenvalue weighted by atomic mass is 9.95. The van der Waals surface area contributed by atoms with Crippen molar-refractivity contribution in [2.24, 2.45) is 0 Å². The van der Waals surface area contributed by atoms with Crippen LogP contribution >= 0.6 is 11.6 Å². The maximum absolute atomic E-state index is 11.1. The summed E-state index contributed by atoms with van der Waals surface area (Å²) >= 11 is 6.15. The normalized spacial score (nSPS) is 21.7. The van der Waals surface area contributed by atoms with Gasteiger partial charge < -0.3 is 15.3 Å². The second-order valence-electron chi connectivity index (χ2n) is 4.55. The van der Waals surface area contributed by atoms with Crippen molar-refractivity contribution in [3.8, 4) is 0 Å². The molecule has 2 heterocycles. The number of benzene rings is 1. The van der Waals surface area contributed by atoms with Gasteiger partial charge in [-0.2, -0.15) is 0 Å². The first kappa shape index (κ1) is 10.7. The van der Waals surface area contributed by atoms with Gasteiger partial charge in [-0.1, -0.05) is 17.7 Å². The molecule has 5 heteroatoms. The molecule has 2 N–H and O–H groups in total. The van der Waals surface area contributed by atoms with E-state index in [1.165, 1.54) is 16.0 Å². The van der Waals surface area contributed by atoms with E-state index >= 15 is 0 Å². The van der Waals surface area contributed by atoms with Gasteiger partial charge in [0.05, 0.1) is 10.7 Å². The van der Waals surface area contributed by atoms with Crippen molar-refractivity contribution in [1.29, 1.82) is 0 Å². The predicted molar refractivity (Wildman–Crippen MR) is 66.0 cm³/mol. The molecule has 0 aromatic heterocycles. The van der Waals surface area contributed by atoms with Crippen LogP contribution in [0.3, 0.4) is 0 Å². The number of carboxylic acid groups (broad SMARTS) is 1. The number of anilines is 1. The van der Waals surface area contributed by atoms with Crippen molar-refractivity contribution < 1.29 is 9.90 Å². The number of hydrogen-bond donors (Lipinski definition) is 2. The molecule has 0 radical (unpaired) electrons. The summed E-state index contributed by atoms with van der Waals surface area (Å²) in [7, 11) is 0. The fourth-order valence-corrected chi connectivity index (χ4v) is 3.00. The van der Waals surface area contributed by atoms with Crippen molar-refractivity contribution in [3.05, 3.63) is 28.3 Å². The summed E-state index contributed by atoms with van der Waals surface area (Å²) in [6.45, 7) is 1.90. The lowest BCUT2D eigenvalue weighted by Crippen LogP contribution is -2.33. The largest absolute Gasteiger partial charge is 0.465 e. The Labute approximate surface area is 104 Å². The average Bonchev–Trinajstić information content (AvgIpc) is 2.62. The second kappa shape index (κ2) is 3.81. The van der Waals surface area contributed by atoms with E-state index in [0.29, 0.717) is 13.1 Å². The maximum Gasteiger partial charge on any atom is 0.407 e. The summed E-state index contributed by atoms with van der Waals surface area (Å²) < 4.78 is 0. The zero-order chi connectivity index (χ0) is 12.0. The topological polar surface area (TPSA) is 52.6 Å². The number of halogens is 1. The zero-order valence-electron chi connectivity index (χ0n) is 9.24. The van der Waals surface area contributed by atoms with E-state index in [4.69, 9.17) is 16.7 Å². The van der Waals surface area contributed by atoms with Crippen molar-refractivity contribution in [1.82, 2.24) is 4.90 Å². The van der Waals surface area contributed by atoms with Crippen LogP contribution in [0.25, 0.3) is 0 Å². The summed E-state index contributed by atoms with van der Waals surface area (Å²) in [6.07, 6.45) is -0.0679. The molecule has 90 valence electrons. The number of rotatable bonds is 0. The first-order chi connectivity index (χ1) is 8.16. The van der Waals surface area contributed by atoms with Crippen LogP contribution in [0.1, 0.15) is 17.0 Å². The van der Waals surface area contributed by atoms with Gasteiger partial charge in [0.2, 0.25) is 0 Å². The third kappa shape index (κ3) is 1.63. The fraction of sp³-hybridized carbons (Fsp3) is 0.417. The van der Waals surface area contributed by atoms with Gasteiger partial charge in [-0.05, 0) is 23.6 Å². The summed E-state index contributed by atoms with van der Waals surface area (Å²) in [5.41, 5.74) is 3.45. The van der Waals surface area contributed by atoms with Crippen LogP contribution in [0.2, 0.25) is 5.02 Å². The Morgan fingerprint density at radius 1 is 1.53 bits per heavy atom. The monoisotopic (exact) mass is 252 g/mol. The minimum Gasteiger partial charge on any atom is -0.465 e. The van der Waals surface area contributed by atoms with Gasteiger partial charge in [0.1, 0.15) is 0 Å². The van der Waals surface area contributed by atoms with Gasteiger partial charge in [0, 0.05) is 25.6 Å². The average molecular weight is 253 g/mol. The molecule has 1 aromatic carbocycles. The number of carbonyl (C=O) groups is 1. The van der Waals surface area contributed by atoms with Crippen LogP contribution in [-0.2, 0) is 6.42 Å². The van der Waals surface area contributed by atoms with Crippen molar-refractivity contribution >= 4 is 23.4 Å². The molecule has 3 rings (SSSR count). The predicted octanol–water partition coefficient (Wildman–Crippen LogP) is 2.39. The highest BCUT2D eigenvalue weighted by Crippen LogP contribution is 2.41. The Bertz CT molecular complexity index is 490. The molecule has 1 atom stereocenters. The highest BCUT2D eigenvalue weighted by Gasteiger charge is 2.32. The Kier molecular flexibility index (Phi) is 2.40. The summed E-state index contributed by atoms with van der Waals surface area (Å²) in [5, 5.41) is 13.1. The second-order valence-corrected chi connectivity index (χ2v) is 4.96. The zero-order valence-corrected chi connectivity index (χ0v) is 10.00. The molecule has 2 aliphatic rings. The molecular formula is C12H13ClN2O2. The first-order valence-electron chi connectivity index (χ1n) is 5.70. The minimum absolute atomic E-state index is 0.234. The van der Waals surface area contributed by atoms with E-state index in [9.17, 15) is 4.79 Å². The molecule has 1 amide bonds. The summed E-state index contributed by atoms with van der Waals surface area (Å²) in [4.78, 5) is 12.6.